The molecule has 0 saturated heterocycles. The molecule has 0 spiro atoms. The summed E-state index contributed by atoms with van der Waals surface area (Å²) in [5, 5.41) is 2.08. The first-order chi connectivity index (χ1) is 8.97. The average Bonchev–Trinajstić information content (AvgIpc) is 2.93. The van der Waals surface area contributed by atoms with Crippen molar-refractivity contribution in [3.05, 3.63) is 27.4 Å². The van der Waals surface area contributed by atoms with Crippen LogP contribution in [0.1, 0.15) is 0 Å². The zero-order valence-electron chi connectivity index (χ0n) is 11.5. The summed E-state index contributed by atoms with van der Waals surface area (Å²) in [5.41, 5.74) is 0. The molecular formula is C13H19IN2OSSi. The lowest BCUT2D eigenvalue weighted by Gasteiger charge is -2.16. The van der Waals surface area contributed by atoms with E-state index in [0.29, 0.717) is 6.73 Å². The first-order valence-electron chi connectivity index (χ1n) is 6.30. The molecule has 0 aliphatic heterocycles. The summed E-state index contributed by atoms with van der Waals surface area (Å²) in [6, 6.07) is 5.35. The van der Waals surface area contributed by atoms with E-state index in [1.807, 2.05) is 6.20 Å². The Morgan fingerprint density at radius 2 is 2.21 bits per heavy atom. The Morgan fingerprint density at radius 1 is 1.42 bits per heavy atom. The molecule has 19 heavy (non-hydrogen) atoms. The third-order valence-corrected chi connectivity index (χ3v) is 6.20. The molecular weight excluding hydrogens is 387 g/mol. The molecule has 0 aromatic carbocycles. The predicted molar refractivity (Wildman–Crippen MR) is 92.4 cm³/mol. The number of rotatable bonds is 6. The highest BCUT2D eigenvalue weighted by Crippen LogP contribution is 2.25. The van der Waals surface area contributed by atoms with Crippen molar-refractivity contribution in [2.24, 2.45) is 0 Å². The van der Waals surface area contributed by atoms with Gasteiger partial charge in [-0.2, -0.15) is 0 Å². The smallest absolute Gasteiger partial charge is 0.152 e. The molecule has 0 aliphatic rings. The molecule has 0 atom stereocenters. The van der Waals surface area contributed by atoms with Crippen molar-refractivity contribution in [2.45, 2.75) is 32.4 Å². The summed E-state index contributed by atoms with van der Waals surface area (Å²) in [7, 11) is -1.01. The van der Waals surface area contributed by atoms with Crippen LogP contribution in [0.15, 0.2) is 23.7 Å². The van der Waals surface area contributed by atoms with Crippen molar-refractivity contribution in [1.29, 1.82) is 0 Å². The molecule has 104 valence electrons. The van der Waals surface area contributed by atoms with Gasteiger partial charge in [0.2, 0.25) is 0 Å². The molecule has 6 heteroatoms. The number of halogens is 1. The van der Waals surface area contributed by atoms with E-state index in [1.165, 1.54) is 10.9 Å². The number of hydrogen-bond acceptors (Lipinski definition) is 3. The molecule has 3 nitrogen and oxygen atoms in total. The molecule has 2 aromatic heterocycles. The van der Waals surface area contributed by atoms with E-state index in [9.17, 15) is 0 Å². The summed E-state index contributed by atoms with van der Waals surface area (Å²) in [5.74, 6) is 1.01. The molecule has 2 heterocycles. The fraction of sp³-hybridized carbons (Fsp3) is 0.462. The van der Waals surface area contributed by atoms with Crippen LogP contribution >= 0.6 is 33.9 Å². The number of thiophene rings is 1. The van der Waals surface area contributed by atoms with E-state index in [0.717, 1.165) is 16.1 Å². The highest BCUT2D eigenvalue weighted by molar-refractivity contribution is 14.1. The van der Waals surface area contributed by atoms with Crippen LogP contribution in [-0.2, 0) is 11.5 Å². The quantitative estimate of drug-likeness (QED) is 0.401. The van der Waals surface area contributed by atoms with E-state index >= 15 is 0 Å². The highest BCUT2D eigenvalue weighted by atomic mass is 127. The zero-order chi connectivity index (χ0) is 13.9. The van der Waals surface area contributed by atoms with E-state index in [1.54, 1.807) is 11.3 Å². The first-order valence-corrected chi connectivity index (χ1v) is 12.0. The van der Waals surface area contributed by atoms with Crippen molar-refractivity contribution in [3.8, 4) is 10.7 Å². The van der Waals surface area contributed by atoms with E-state index < -0.39 is 8.07 Å². The van der Waals surface area contributed by atoms with Crippen molar-refractivity contribution in [1.82, 2.24) is 9.55 Å². The summed E-state index contributed by atoms with van der Waals surface area (Å²) < 4.78 is 9.09. The van der Waals surface area contributed by atoms with Gasteiger partial charge in [0, 0.05) is 14.7 Å². The molecule has 0 bridgehead atoms. The molecule has 0 aliphatic carbocycles. The van der Waals surface area contributed by atoms with Crippen molar-refractivity contribution >= 4 is 42.0 Å². The van der Waals surface area contributed by atoms with E-state index in [-0.39, 0.29) is 0 Å². The minimum absolute atomic E-state index is 0.593. The zero-order valence-corrected chi connectivity index (χ0v) is 15.5. The standard InChI is InChI=1S/C13H19IN2OSSi/c1-19(2,3)8-6-17-10-16-12(14)9-15-13(16)11-5-4-7-18-11/h4-5,7,9H,6,8,10H2,1-3H3. The number of hydrogen-bond donors (Lipinski definition) is 0. The molecule has 0 saturated carbocycles. The molecule has 0 radical (unpaired) electrons. The second-order valence-corrected chi connectivity index (χ2v) is 13.3. The largest absolute Gasteiger partial charge is 0.361 e. The van der Waals surface area contributed by atoms with Gasteiger partial charge in [0.25, 0.3) is 0 Å². The van der Waals surface area contributed by atoms with Gasteiger partial charge in [0.15, 0.2) is 5.82 Å². The normalized spacial score (nSPS) is 12.0. The van der Waals surface area contributed by atoms with E-state index in [2.05, 4.69) is 69.3 Å². The van der Waals surface area contributed by atoms with Crippen molar-refractivity contribution in [3.63, 3.8) is 0 Å². The van der Waals surface area contributed by atoms with Gasteiger partial charge < -0.3 is 4.74 Å². The summed E-state index contributed by atoms with van der Waals surface area (Å²) >= 11 is 4.02. The lowest BCUT2D eigenvalue weighted by Crippen LogP contribution is -2.22. The Balaban J connectivity index is 1.99. The molecule has 2 rings (SSSR count). The second-order valence-electron chi connectivity index (χ2n) is 5.66. The Bertz CT molecular complexity index is 519. The topological polar surface area (TPSA) is 27.1 Å². The van der Waals surface area contributed by atoms with Crippen LogP contribution in [-0.4, -0.2) is 24.2 Å². The second kappa shape index (κ2) is 6.51. The maximum absolute atomic E-state index is 5.83. The minimum atomic E-state index is -1.01. The number of imidazole rings is 1. The van der Waals surface area contributed by atoms with Crippen LogP contribution in [0.3, 0.4) is 0 Å². The first kappa shape index (κ1) is 15.2. The fourth-order valence-corrected chi connectivity index (χ4v) is 3.61. The van der Waals surface area contributed by atoms with Crippen LogP contribution < -0.4 is 0 Å². The van der Waals surface area contributed by atoms with Gasteiger partial charge in [0.05, 0.1) is 11.1 Å². The minimum Gasteiger partial charge on any atom is -0.361 e. The lowest BCUT2D eigenvalue weighted by atomic mass is 10.4. The number of ether oxygens (including phenoxy) is 1. The van der Waals surface area contributed by atoms with Gasteiger partial charge in [0.1, 0.15) is 10.4 Å². The third kappa shape index (κ3) is 4.40. The summed E-state index contributed by atoms with van der Waals surface area (Å²) in [6.45, 7) is 8.54. The summed E-state index contributed by atoms with van der Waals surface area (Å²) in [6.07, 6.45) is 1.90. The van der Waals surface area contributed by atoms with Gasteiger partial charge in [-0.15, -0.1) is 11.3 Å². The van der Waals surface area contributed by atoms with Gasteiger partial charge >= 0.3 is 0 Å². The van der Waals surface area contributed by atoms with Gasteiger partial charge in [-0.25, -0.2) is 4.98 Å². The maximum atomic E-state index is 5.83. The van der Waals surface area contributed by atoms with Crippen LogP contribution in [0.4, 0.5) is 0 Å². The van der Waals surface area contributed by atoms with Gasteiger partial charge in [-0.05, 0) is 40.1 Å². The van der Waals surface area contributed by atoms with Crippen LogP contribution in [0.5, 0.6) is 0 Å². The Labute approximate surface area is 133 Å². The molecule has 0 unspecified atom stereocenters. The fourth-order valence-electron chi connectivity index (χ4n) is 1.61. The van der Waals surface area contributed by atoms with Crippen molar-refractivity contribution < 1.29 is 4.74 Å². The highest BCUT2D eigenvalue weighted by Gasteiger charge is 2.14. The van der Waals surface area contributed by atoms with Gasteiger partial charge in [-0.3, -0.25) is 4.57 Å². The Hall–Kier alpha value is -0.183. The SMILES string of the molecule is C[Si](C)(C)CCOCn1c(I)cnc1-c1cccs1. The predicted octanol–water partition coefficient (Wildman–Crippen LogP) is 4.53. The maximum Gasteiger partial charge on any atom is 0.152 e. The molecule has 0 fully saturated rings. The molecule has 0 N–H and O–H groups in total. The molecule has 0 amide bonds. The van der Waals surface area contributed by atoms with Gasteiger partial charge in [-0.1, -0.05) is 25.7 Å². The van der Waals surface area contributed by atoms with Crippen LogP contribution in [0, 0.1) is 3.70 Å². The Morgan fingerprint density at radius 3 is 2.84 bits per heavy atom. The van der Waals surface area contributed by atoms with Crippen molar-refractivity contribution in [2.75, 3.05) is 6.61 Å². The van der Waals surface area contributed by atoms with Crippen LogP contribution in [0.25, 0.3) is 10.7 Å². The number of nitrogens with zero attached hydrogens (tertiary/aromatic N) is 2. The van der Waals surface area contributed by atoms with Crippen LogP contribution in [0.2, 0.25) is 25.7 Å². The monoisotopic (exact) mass is 406 g/mol. The average molecular weight is 406 g/mol. The number of aromatic nitrogens is 2. The Kier molecular flexibility index (Phi) is 5.21. The molecule has 2 aromatic rings. The summed E-state index contributed by atoms with van der Waals surface area (Å²) in [4.78, 5) is 5.67. The third-order valence-electron chi connectivity index (χ3n) is 2.77. The van der Waals surface area contributed by atoms with E-state index in [4.69, 9.17) is 4.74 Å². The lowest BCUT2D eigenvalue weighted by molar-refractivity contribution is 0.0867.